The average Bonchev–Trinajstić information content (AvgIpc) is 3.01. The van der Waals surface area contributed by atoms with Crippen LogP contribution in [0.3, 0.4) is 0 Å². The molecule has 0 unspecified atom stereocenters. The van der Waals surface area contributed by atoms with E-state index >= 15 is 0 Å². The van der Waals surface area contributed by atoms with Crippen molar-refractivity contribution >= 4 is 11.9 Å². The normalized spacial score (nSPS) is 10.6. The topological polar surface area (TPSA) is 71.1 Å². The second-order valence-electron chi connectivity index (χ2n) is 9.95. The number of rotatable bonds is 23. The van der Waals surface area contributed by atoms with E-state index in [0.29, 0.717) is 37.7 Å². The van der Waals surface area contributed by atoms with E-state index in [1.165, 1.54) is 18.2 Å². The summed E-state index contributed by atoms with van der Waals surface area (Å²) in [6.45, 7) is 8.44. The number of carbonyl (C=O) groups is 2. The third-order valence-corrected chi connectivity index (χ3v) is 6.64. The van der Waals surface area contributed by atoms with Gasteiger partial charge in [0.15, 0.2) is 11.6 Å². The minimum atomic E-state index is -0.986. The molecule has 0 saturated heterocycles. The first-order chi connectivity index (χ1) is 20.5. The van der Waals surface area contributed by atoms with Gasteiger partial charge in [-0.2, -0.15) is 4.39 Å². The molecule has 0 fully saturated rings. The van der Waals surface area contributed by atoms with Crippen LogP contribution in [0.4, 0.5) is 8.78 Å². The monoisotopic (exact) mass is 586 g/mol. The maximum Gasteiger partial charge on any atom is 0.330 e. The fourth-order valence-electron chi connectivity index (χ4n) is 4.25. The summed E-state index contributed by atoms with van der Waals surface area (Å²) < 4.78 is 50.7. The summed E-state index contributed by atoms with van der Waals surface area (Å²) in [4.78, 5) is 21.9. The zero-order chi connectivity index (χ0) is 30.4. The molecule has 2 rings (SSSR count). The summed E-state index contributed by atoms with van der Waals surface area (Å²) in [5.74, 6) is -2.11. The van der Waals surface area contributed by atoms with Gasteiger partial charge in [0.05, 0.1) is 26.4 Å². The highest BCUT2D eigenvalue weighted by Crippen LogP contribution is 2.31. The molecule has 230 valence electrons. The van der Waals surface area contributed by atoms with Gasteiger partial charge >= 0.3 is 11.9 Å². The molecule has 2 aromatic carbocycles. The fraction of sp³-hybridized carbons (Fsp3) is 0.471. The Morgan fingerprint density at radius 2 is 1.02 bits per heavy atom. The lowest BCUT2D eigenvalue weighted by Gasteiger charge is -2.11. The maximum atomic E-state index is 14.8. The molecule has 0 spiro atoms. The molecule has 0 atom stereocenters. The summed E-state index contributed by atoms with van der Waals surface area (Å²) >= 11 is 0. The Morgan fingerprint density at radius 3 is 1.52 bits per heavy atom. The van der Waals surface area contributed by atoms with Gasteiger partial charge in [0.2, 0.25) is 5.82 Å². The van der Waals surface area contributed by atoms with Gasteiger partial charge in [-0.15, -0.1) is 0 Å². The molecule has 0 aliphatic rings. The lowest BCUT2D eigenvalue weighted by molar-refractivity contribution is -0.138. The summed E-state index contributed by atoms with van der Waals surface area (Å²) in [5.41, 5.74) is 0.729. The highest BCUT2D eigenvalue weighted by molar-refractivity contribution is 5.81. The number of ether oxygens (including phenoxy) is 4. The Labute approximate surface area is 248 Å². The molecule has 2 aromatic rings. The van der Waals surface area contributed by atoms with Crippen molar-refractivity contribution in [3.05, 3.63) is 73.3 Å². The third-order valence-electron chi connectivity index (χ3n) is 6.64. The molecule has 0 N–H and O–H groups in total. The van der Waals surface area contributed by atoms with Crippen molar-refractivity contribution in [3.63, 3.8) is 0 Å². The van der Waals surface area contributed by atoms with Gasteiger partial charge in [0.1, 0.15) is 5.75 Å². The summed E-state index contributed by atoms with van der Waals surface area (Å²) in [6, 6.07) is 9.96. The number of halogens is 2. The second kappa shape index (κ2) is 21.1. The molecule has 42 heavy (non-hydrogen) atoms. The first-order valence-corrected chi connectivity index (χ1v) is 14.9. The molecule has 0 bridgehead atoms. The quantitative estimate of drug-likeness (QED) is 0.0738. The number of unbranched alkanes of at least 4 members (excludes halogenated alkanes) is 10. The lowest BCUT2D eigenvalue weighted by atomic mass is 10.0. The fourth-order valence-corrected chi connectivity index (χ4v) is 4.25. The van der Waals surface area contributed by atoms with E-state index in [9.17, 15) is 18.4 Å². The first-order valence-electron chi connectivity index (χ1n) is 14.9. The second-order valence-corrected chi connectivity index (χ2v) is 9.95. The highest BCUT2D eigenvalue weighted by atomic mass is 19.2. The van der Waals surface area contributed by atoms with Crippen LogP contribution in [0.5, 0.6) is 11.5 Å². The van der Waals surface area contributed by atoms with Crippen LogP contribution in [-0.4, -0.2) is 38.4 Å². The Balaban J connectivity index is 1.62. The number of hydrogen-bond donors (Lipinski definition) is 0. The minimum absolute atomic E-state index is 0.0867. The van der Waals surface area contributed by atoms with Crippen LogP contribution in [-0.2, 0) is 19.1 Å². The molecular weight excluding hydrogens is 542 g/mol. The van der Waals surface area contributed by atoms with E-state index in [-0.39, 0.29) is 17.3 Å². The zero-order valence-corrected chi connectivity index (χ0v) is 24.6. The van der Waals surface area contributed by atoms with Crippen LogP contribution < -0.4 is 9.47 Å². The van der Waals surface area contributed by atoms with E-state index in [2.05, 4.69) is 13.2 Å². The van der Waals surface area contributed by atoms with Crippen molar-refractivity contribution < 1.29 is 37.3 Å². The van der Waals surface area contributed by atoms with Crippen LogP contribution >= 0.6 is 0 Å². The molecule has 0 aliphatic heterocycles. The van der Waals surface area contributed by atoms with Gasteiger partial charge in [-0.1, -0.05) is 76.7 Å². The van der Waals surface area contributed by atoms with Crippen molar-refractivity contribution in [1.82, 2.24) is 0 Å². The Bertz CT molecular complexity index is 1100. The predicted molar refractivity (Wildman–Crippen MR) is 160 cm³/mol. The molecule has 0 radical (unpaired) electrons. The van der Waals surface area contributed by atoms with E-state index in [0.717, 1.165) is 83.1 Å². The van der Waals surface area contributed by atoms with Crippen molar-refractivity contribution in [2.75, 3.05) is 26.4 Å². The Kier molecular flexibility index (Phi) is 17.3. The molecule has 8 heteroatoms. The van der Waals surface area contributed by atoms with E-state index in [1.54, 1.807) is 24.3 Å². The molecule has 0 saturated carbocycles. The van der Waals surface area contributed by atoms with Gasteiger partial charge in [-0.05, 0) is 55.5 Å². The van der Waals surface area contributed by atoms with Gasteiger partial charge in [-0.3, -0.25) is 0 Å². The molecule has 0 aliphatic carbocycles. The summed E-state index contributed by atoms with van der Waals surface area (Å²) in [6.07, 6.45) is 13.7. The van der Waals surface area contributed by atoms with E-state index < -0.39 is 17.6 Å². The van der Waals surface area contributed by atoms with Crippen molar-refractivity contribution in [3.8, 4) is 22.6 Å². The largest absolute Gasteiger partial charge is 0.494 e. The molecular formula is C34H44F2O6. The molecule has 0 amide bonds. The molecule has 0 heterocycles. The van der Waals surface area contributed by atoms with Gasteiger partial charge in [0.25, 0.3) is 0 Å². The standard InChI is InChI=1S/C34H44F2O6/c1-3-31(37)41-25-15-11-7-5-9-13-23-39-28-19-17-27(18-20-28)29-21-22-30(34(36)33(29)35)40-24-14-10-6-8-12-16-26-42-32(38)4-2/h3-4,17-22H,1-2,5-16,23-26H2. The van der Waals surface area contributed by atoms with Crippen LogP contribution in [0.15, 0.2) is 61.7 Å². The van der Waals surface area contributed by atoms with Crippen LogP contribution in [0.1, 0.15) is 77.0 Å². The average molecular weight is 587 g/mol. The van der Waals surface area contributed by atoms with Gasteiger partial charge in [-0.25, -0.2) is 14.0 Å². The number of benzene rings is 2. The van der Waals surface area contributed by atoms with Crippen molar-refractivity contribution in [2.45, 2.75) is 77.0 Å². The first kappa shape index (κ1) is 34.5. The number of hydrogen-bond acceptors (Lipinski definition) is 6. The SMILES string of the molecule is C=CC(=O)OCCCCCCCCOc1ccc(-c2ccc(OCCCCCCCCOC(=O)C=C)c(F)c2F)cc1. The zero-order valence-electron chi connectivity index (χ0n) is 24.6. The summed E-state index contributed by atoms with van der Waals surface area (Å²) in [5, 5.41) is 0. The smallest absolute Gasteiger partial charge is 0.330 e. The minimum Gasteiger partial charge on any atom is -0.494 e. The Hall–Kier alpha value is -3.68. The van der Waals surface area contributed by atoms with Gasteiger partial charge in [0, 0.05) is 17.7 Å². The summed E-state index contributed by atoms with van der Waals surface area (Å²) in [7, 11) is 0. The van der Waals surface area contributed by atoms with E-state index in [1.807, 2.05) is 0 Å². The molecule has 6 nitrogen and oxygen atoms in total. The Morgan fingerprint density at radius 1 is 0.571 bits per heavy atom. The predicted octanol–water partition coefficient (Wildman–Crippen LogP) is 8.53. The van der Waals surface area contributed by atoms with Gasteiger partial charge < -0.3 is 18.9 Å². The number of esters is 2. The van der Waals surface area contributed by atoms with Crippen LogP contribution in [0.2, 0.25) is 0 Å². The van der Waals surface area contributed by atoms with E-state index in [4.69, 9.17) is 18.9 Å². The van der Waals surface area contributed by atoms with Crippen LogP contribution in [0.25, 0.3) is 11.1 Å². The molecule has 0 aromatic heterocycles. The van der Waals surface area contributed by atoms with Crippen molar-refractivity contribution in [2.24, 2.45) is 0 Å². The third kappa shape index (κ3) is 13.8. The van der Waals surface area contributed by atoms with Crippen molar-refractivity contribution in [1.29, 1.82) is 0 Å². The maximum absolute atomic E-state index is 14.8. The number of carbonyl (C=O) groups excluding carboxylic acids is 2. The van der Waals surface area contributed by atoms with Crippen LogP contribution in [0, 0.1) is 11.6 Å². The lowest BCUT2D eigenvalue weighted by Crippen LogP contribution is -2.02. The highest BCUT2D eigenvalue weighted by Gasteiger charge is 2.16.